The molecule has 0 aliphatic heterocycles. The van der Waals surface area contributed by atoms with Gasteiger partial charge in [0.2, 0.25) is 0 Å². The normalized spacial score (nSPS) is 9.38. The van der Waals surface area contributed by atoms with Crippen LogP contribution >= 0.6 is 15.9 Å². The lowest BCUT2D eigenvalue weighted by Crippen LogP contribution is -2.00. The van der Waals surface area contributed by atoms with Crippen molar-refractivity contribution in [2.75, 3.05) is 0 Å². The molecule has 0 saturated heterocycles. The van der Waals surface area contributed by atoms with Gasteiger partial charge >= 0.3 is 5.97 Å². The van der Waals surface area contributed by atoms with Crippen molar-refractivity contribution in [1.82, 2.24) is 0 Å². The van der Waals surface area contributed by atoms with Gasteiger partial charge in [0, 0.05) is 11.4 Å². The maximum atomic E-state index is 10.6. The first-order chi connectivity index (χ1) is 6.09. The Morgan fingerprint density at radius 2 is 1.92 bits per heavy atom. The number of hydrogen-bond donors (Lipinski definition) is 0. The summed E-state index contributed by atoms with van der Waals surface area (Å²) < 4.78 is 5.67. The molecule has 0 radical (unpaired) electrons. The summed E-state index contributed by atoms with van der Waals surface area (Å²) in [6, 6.07) is 7.11. The van der Waals surface area contributed by atoms with Crippen LogP contribution < -0.4 is 4.74 Å². The number of ether oxygens (including phenoxy) is 1. The molecule has 0 saturated carbocycles. The van der Waals surface area contributed by atoms with E-state index in [1.807, 2.05) is 12.1 Å². The first-order valence-electron chi connectivity index (χ1n) is 3.73. The first kappa shape index (κ1) is 9.99. The minimum Gasteiger partial charge on any atom is -0.427 e. The van der Waals surface area contributed by atoms with Gasteiger partial charge in [0.15, 0.2) is 0 Å². The van der Waals surface area contributed by atoms with Gasteiger partial charge in [0.05, 0.1) is 0 Å². The lowest BCUT2D eigenvalue weighted by Gasteiger charge is -2.01. The summed E-state index contributed by atoms with van der Waals surface area (Å²) in [6.45, 7) is 5.10. The Labute approximate surface area is 85.3 Å². The SMILES string of the molecule is C=C(Br)c1ccc(OC(C)=O)cc1. The molecular formula is C10H9BrO2. The summed E-state index contributed by atoms with van der Waals surface area (Å²) in [5.41, 5.74) is 0.968. The van der Waals surface area contributed by atoms with Gasteiger partial charge in [0.1, 0.15) is 5.75 Å². The van der Waals surface area contributed by atoms with Gasteiger partial charge < -0.3 is 4.74 Å². The Kier molecular flexibility index (Phi) is 3.25. The summed E-state index contributed by atoms with van der Waals surface area (Å²) in [4.78, 5) is 10.6. The van der Waals surface area contributed by atoms with Gasteiger partial charge in [-0.15, -0.1) is 0 Å². The molecule has 1 aromatic rings. The third-order valence-electron chi connectivity index (χ3n) is 1.43. The number of halogens is 1. The highest BCUT2D eigenvalue weighted by Gasteiger charge is 1.98. The highest BCUT2D eigenvalue weighted by Crippen LogP contribution is 2.21. The van der Waals surface area contributed by atoms with Gasteiger partial charge in [-0.2, -0.15) is 0 Å². The quantitative estimate of drug-likeness (QED) is 0.587. The lowest BCUT2D eigenvalue weighted by molar-refractivity contribution is -0.131. The molecule has 3 heteroatoms. The van der Waals surface area contributed by atoms with E-state index in [-0.39, 0.29) is 5.97 Å². The minimum atomic E-state index is -0.314. The van der Waals surface area contributed by atoms with Crippen molar-refractivity contribution in [1.29, 1.82) is 0 Å². The van der Waals surface area contributed by atoms with Crippen LogP contribution in [0.25, 0.3) is 4.48 Å². The van der Waals surface area contributed by atoms with Crippen LogP contribution in [0.2, 0.25) is 0 Å². The topological polar surface area (TPSA) is 26.3 Å². The van der Waals surface area contributed by atoms with Crippen LogP contribution in [0, 0.1) is 0 Å². The molecule has 0 aliphatic carbocycles. The molecule has 0 spiro atoms. The van der Waals surface area contributed by atoms with Crippen LogP contribution in [0.3, 0.4) is 0 Å². The van der Waals surface area contributed by atoms with Gasteiger partial charge in [-0.3, -0.25) is 4.79 Å². The molecule has 68 valence electrons. The Morgan fingerprint density at radius 1 is 1.38 bits per heavy atom. The van der Waals surface area contributed by atoms with Gasteiger partial charge in [-0.25, -0.2) is 0 Å². The molecule has 1 rings (SSSR count). The summed E-state index contributed by atoms with van der Waals surface area (Å²) in [5, 5.41) is 0. The number of carbonyl (C=O) groups excluding carboxylic acids is 1. The minimum absolute atomic E-state index is 0.314. The maximum Gasteiger partial charge on any atom is 0.308 e. The zero-order valence-corrected chi connectivity index (χ0v) is 8.80. The van der Waals surface area contributed by atoms with Crippen LogP contribution in [0.1, 0.15) is 12.5 Å². The highest BCUT2D eigenvalue weighted by molar-refractivity contribution is 9.15. The maximum absolute atomic E-state index is 10.6. The number of carbonyl (C=O) groups is 1. The second-order valence-electron chi connectivity index (χ2n) is 2.52. The van der Waals surface area contributed by atoms with E-state index >= 15 is 0 Å². The zero-order chi connectivity index (χ0) is 9.84. The van der Waals surface area contributed by atoms with Crippen LogP contribution in [-0.4, -0.2) is 5.97 Å². The highest BCUT2D eigenvalue weighted by atomic mass is 79.9. The van der Waals surface area contributed by atoms with E-state index < -0.39 is 0 Å². The van der Waals surface area contributed by atoms with Crippen molar-refractivity contribution in [2.24, 2.45) is 0 Å². The largest absolute Gasteiger partial charge is 0.427 e. The van der Waals surface area contributed by atoms with Gasteiger partial charge in [0.25, 0.3) is 0 Å². The number of esters is 1. The Morgan fingerprint density at radius 3 is 2.31 bits per heavy atom. The van der Waals surface area contributed by atoms with E-state index in [1.165, 1.54) is 6.92 Å². The molecule has 0 aromatic heterocycles. The van der Waals surface area contributed by atoms with Crippen molar-refractivity contribution < 1.29 is 9.53 Å². The number of hydrogen-bond acceptors (Lipinski definition) is 2. The van der Waals surface area contributed by atoms with Crippen molar-refractivity contribution in [3.05, 3.63) is 36.4 Å². The molecule has 0 aliphatic rings. The second kappa shape index (κ2) is 4.23. The summed E-state index contributed by atoms with van der Waals surface area (Å²) in [7, 11) is 0. The molecule has 0 bridgehead atoms. The Balaban J connectivity index is 2.81. The van der Waals surface area contributed by atoms with Gasteiger partial charge in [-0.1, -0.05) is 34.6 Å². The van der Waals surface area contributed by atoms with E-state index in [4.69, 9.17) is 4.74 Å². The van der Waals surface area contributed by atoms with E-state index in [9.17, 15) is 4.79 Å². The van der Waals surface area contributed by atoms with Crippen LogP contribution in [0.15, 0.2) is 30.8 Å². The first-order valence-corrected chi connectivity index (χ1v) is 4.52. The van der Waals surface area contributed by atoms with Crippen molar-refractivity contribution in [3.63, 3.8) is 0 Å². The zero-order valence-electron chi connectivity index (χ0n) is 7.21. The lowest BCUT2D eigenvalue weighted by atomic mass is 10.2. The standard InChI is InChI=1S/C10H9BrO2/c1-7(11)9-3-5-10(6-4-9)13-8(2)12/h3-6H,1H2,2H3. The Hall–Kier alpha value is -1.09. The third-order valence-corrected chi connectivity index (χ3v) is 1.89. The summed E-state index contributed by atoms with van der Waals surface area (Å²) in [6.07, 6.45) is 0. The van der Waals surface area contributed by atoms with E-state index in [1.54, 1.807) is 12.1 Å². The molecule has 0 atom stereocenters. The average molecular weight is 241 g/mol. The molecule has 0 amide bonds. The Bertz CT molecular complexity index is 327. The molecule has 0 N–H and O–H groups in total. The predicted octanol–water partition coefficient (Wildman–Crippen LogP) is 2.98. The van der Waals surface area contributed by atoms with Crippen molar-refractivity contribution in [2.45, 2.75) is 6.92 Å². The fourth-order valence-electron chi connectivity index (χ4n) is 0.870. The predicted molar refractivity (Wildman–Crippen MR) is 55.7 cm³/mol. The monoisotopic (exact) mass is 240 g/mol. The van der Waals surface area contributed by atoms with Crippen molar-refractivity contribution >= 4 is 26.4 Å². The molecule has 13 heavy (non-hydrogen) atoms. The summed E-state index contributed by atoms with van der Waals surface area (Å²) in [5.74, 6) is 0.232. The summed E-state index contributed by atoms with van der Waals surface area (Å²) >= 11 is 3.26. The fraction of sp³-hybridized carbons (Fsp3) is 0.100. The van der Waals surface area contributed by atoms with E-state index in [2.05, 4.69) is 22.5 Å². The third kappa shape index (κ3) is 3.03. The molecule has 1 aromatic carbocycles. The van der Waals surface area contributed by atoms with Crippen molar-refractivity contribution in [3.8, 4) is 5.75 Å². The van der Waals surface area contributed by atoms with E-state index in [0.29, 0.717) is 5.75 Å². The number of rotatable bonds is 2. The molecule has 0 heterocycles. The fourth-order valence-corrected chi connectivity index (χ4v) is 1.13. The smallest absolute Gasteiger partial charge is 0.308 e. The average Bonchev–Trinajstić information content (AvgIpc) is 2.04. The molecular weight excluding hydrogens is 232 g/mol. The van der Waals surface area contributed by atoms with Crippen LogP contribution in [0.5, 0.6) is 5.75 Å². The van der Waals surface area contributed by atoms with Gasteiger partial charge in [-0.05, 0) is 17.7 Å². The second-order valence-corrected chi connectivity index (χ2v) is 3.48. The molecule has 0 fully saturated rings. The van der Waals surface area contributed by atoms with Crippen LogP contribution in [-0.2, 0) is 4.79 Å². The molecule has 2 nitrogen and oxygen atoms in total. The molecule has 0 unspecified atom stereocenters. The van der Waals surface area contributed by atoms with Crippen LogP contribution in [0.4, 0.5) is 0 Å². The number of benzene rings is 1. The van der Waals surface area contributed by atoms with E-state index in [0.717, 1.165) is 10.0 Å².